The second kappa shape index (κ2) is 8.48. The summed E-state index contributed by atoms with van der Waals surface area (Å²) in [5, 5.41) is 2.93. The van der Waals surface area contributed by atoms with Gasteiger partial charge in [-0.15, -0.1) is 0 Å². The molecule has 2 N–H and O–H groups in total. The minimum absolute atomic E-state index is 0.0999. The summed E-state index contributed by atoms with van der Waals surface area (Å²) in [7, 11) is 0. The highest BCUT2D eigenvalue weighted by atomic mass is 16.7. The highest BCUT2D eigenvalue weighted by Gasteiger charge is 2.35. The molecule has 1 heterocycles. The van der Waals surface area contributed by atoms with Crippen molar-refractivity contribution in [3.63, 3.8) is 0 Å². The maximum Gasteiger partial charge on any atom is 0.279 e. The van der Waals surface area contributed by atoms with Gasteiger partial charge in [-0.3, -0.25) is 9.59 Å². The largest absolute Gasteiger partial charge is 0.454 e. The second-order valence-corrected chi connectivity index (χ2v) is 8.54. The van der Waals surface area contributed by atoms with Crippen molar-refractivity contribution < 1.29 is 24.0 Å². The molecule has 2 aromatic carbocycles. The van der Waals surface area contributed by atoms with Crippen LogP contribution in [0.5, 0.6) is 11.5 Å². The molecule has 2 aromatic rings. The third kappa shape index (κ3) is 4.65. The Hall–Kier alpha value is -2.86. The summed E-state index contributed by atoms with van der Waals surface area (Å²) >= 11 is 0. The number of quaternary nitrogens is 1. The molecule has 0 bridgehead atoms. The van der Waals surface area contributed by atoms with Crippen molar-refractivity contribution in [1.29, 1.82) is 0 Å². The van der Waals surface area contributed by atoms with Crippen LogP contribution in [0.25, 0.3) is 0 Å². The van der Waals surface area contributed by atoms with E-state index in [9.17, 15) is 9.59 Å². The van der Waals surface area contributed by atoms with Crippen molar-refractivity contribution in [2.45, 2.75) is 52.1 Å². The molecule has 1 atom stereocenters. The van der Waals surface area contributed by atoms with Crippen molar-refractivity contribution in [3.05, 3.63) is 53.1 Å². The van der Waals surface area contributed by atoms with Gasteiger partial charge in [0.1, 0.15) is 6.54 Å². The monoisotopic (exact) mass is 409 g/mol. The molecular formula is C24H29N2O4+. The Morgan fingerprint density at radius 1 is 1.10 bits per heavy atom. The molecule has 2 aliphatic rings. The van der Waals surface area contributed by atoms with Crippen molar-refractivity contribution in [3.8, 4) is 11.5 Å². The fraction of sp³-hybridized carbons (Fsp3) is 0.417. The zero-order valence-corrected chi connectivity index (χ0v) is 17.8. The van der Waals surface area contributed by atoms with E-state index >= 15 is 0 Å². The number of amides is 1. The lowest BCUT2D eigenvalue weighted by Gasteiger charge is -2.20. The number of nitrogens with one attached hydrogen (secondary N) is 2. The average molecular weight is 410 g/mol. The number of anilines is 1. The zero-order valence-electron chi connectivity index (χ0n) is 17.8. The van der Waals surface area contributed by atoms with Crippen molar-refractivity contribution in [1.82, 2.24) is 0 Å². The Kier molecular flexibility index (Phi) is 5.77. The number of hydrogen-bond acceptors (Lipinski definition) is 4. The molecule has 6 nitrogen and oxygen atoms in total. The average Bonchev–Trinajstić information content (AvgIpc) is 3.45. The number of rotatable bonds is 8. The molecule has 158 valence electrons. The number of Topliss-reactive ketones (excluding diaryl/α,β-unsaturated/α-hetero) is 1. The predicted molar refractivity (Wildman–Crippen MR) is 114 cm³/mol. The van der Waals surface area contributed by atoms with Gasteiger partial charge < -0.3 is 19.7 Å². The van der Waals surface area contributed by atoms with Gasteiger partial charge in [-0.05, 0) is 24.5 Å². The molecule has 4 rings (SSSR count). The van der Waals surface area contributed by atoms with Gasteiger partial charge in [0, 0.05) is 30.0 Å². The van der Waals surface area contributed by atoms with E-state index in [1.54, 1.807) is 12.1 Å². The fourth-order valence-corrected chi connectivity index (χ4v) is 3.86. The van der Waals surface area contributed by atoms with Crippen LogP contribution in [0.1, 0.15) is 61.0 Å². The first kappa shape index (κ1) is 20.4. The second-order valence-electron chi connectivity index (χ2n) is 8.54. The lowest BCUT2D eigenvalue weighted by Crippen LogP contribution is -3.13. The summed E-state index contributed by atoms with van der Waals surface area (Å²) in [6.45, 7) is 7.16. The normalized spacial score (nSPS) is 15.9. The van der Waals surface area contributed by atoms with Gasteiger partial charge >= 0.3 is 0 Å². The lowest BCUT2D eigenvalue weighted by molar-refractivity contribution is -0.916. The SMILES string of the molecule is CC(=O)c1cc2c(cc1NC(=O)C[NH+](Cc1ccc(C(C)C)cc1)C1CC1)OCO2. The number of ketones is 1. The summed E-state index contributed by atoms with van der Waals surface area (Å²) in [5.41, 5.74) is 3.48. The van der Waals surface area contributed by atoms with Crippen LogP contribution in [-0.2, 0) is 11.3 Å². The highest BCUT2D eigenvalue weighted by Crippen LogP contribution is 2.37. The number of fused-ring (bicyclic) bond motifs is 1. The van der Waals surface area contributed by atoms with Crippen molar-refractivity contribution in [2.75, 3.05) is 18.7 Å². The van der Waals surface area contributed by atoms with E-state index in [2.05, 4.69) is 43.4 Å². The number of benzene rings is 2. The smallest absolute Gasteiger partial charge is 0.279 e. The molecule has 30 heavy (non-hydrogen) atoms. The Bertz CT molecular complexity index is 948. The standard InChI is InChI=1S/C24H28N2O4/c1-15(2)18-6-4-17(5-7-18)12-26(19-8-9-19)13-24(28)25-21-11-23-22(29-14-30-23)10-20(21)16(3)27/h4-7,10-11,15,19H,8-9,12-14H2,1-3H3,(H,25,28)/p+1. The van der Waals surface area contributed by atoms with Gasteiger partial charge in [-0.25, -0.2) is 0 Å². The summed E-state index contributed by atoms with van der Waals surface area (Å²) in [6.07, 6.45) is 2.30. The molecule has 6 heteroatoms. The molecule has 0 saturated heterocycles. The first-order chi connectivity index (χ1) is 14.4. The van der Waals surface area contributed by atoms with E-state index in [0.717, 1.165) is 19.4 Å². The number of carbonyl (C=O) groups is 2. The van der Waals surface area contributed by atoms with Gasteiger partial charge in [0.25, 0.3) is 5.91 Å². The van der Waals surface area contributed by atoms with Crippen LogP contribution in [-0.4, -0.2) is 31.1 Å². The van der Waals surface area contributed by atoms with Crippen LogP contribution in [0.3, 0.4) is 0 Å². The molecule has 0 radical (unpaired) electrons. The Morgan fingerprint density at radius 2 is 1.77 bits per heavy atom. The minimum atomic E-state index is -0.125. The maximum atomic E-state index is 12.8. The summed E-state index contributed by atoms with van der Waals surface area (Å²) in [5.74, 6) is 1.37. The summed E-state index contributed by atoms with van der Waals surface area (Å²) in [4.78, 5) is 26.2. The molecule has 0 aromatic heterocycles. The van der Waals surface area contributed by atoms with E-state index in [-0.39, 0.29) is 18.5 Å². The van der Waals surface area contributed by atoms with E-state index in [1.165, 1.54) is 23.0 Å². The first-order valence-electron chi connectivity index (χ1n) is 10.6. The third-order valence-electron chi connectivity index (χ3n) is 5.79. The summed E-state index contributed by atoms with van der Waals surface area (Å²) in [6, 6.07) is 12.5. The zero-order chi connectivity index (χ0) is 21.3. The van der Waals surface area contributed by atoms with Crippen molar-refractivity contribution >= 4 is 17.4 Å². The van der Waals surface area contributed by atoms with Gasteiger partial charge in [-0.1, -0.05) is 38.1 Å². The van der Waals surface area contributed by atoms with Gasteiger partial charge in [0.15, 0.2) is 23.8 Å². The molecular weight excluding hydrogens is 380 g/mol. The van der Waals surface area contributed by atoms with Gasteiger partial charge in [-0.2, -0.15) is 0 Å². The third-order valence-corrected chi connectivity index (χ3v) is 5.79. The predicted octanol–water partition coefficient (Wildman–Crippen LogP) is 2.93. The van der Waals surface area contributed by atoms with Crippen LogP contribution < -0.4 is 19.7 Å². The molecule has 1 amide bonds. The van der Waals surface area contributed by atoms with Crippen LogP contribution >= 0.6 is 0 Å². The highest BCUT2D eigenvalue weighted by molar-refractivity contribution is 6.04. The number of carbonyl (C=O) groups excluding carboxylic acids is 2. The summed E-state index contributed by atoms with van der Waals surface area (Å²) < 4.78 is 10.8. The molecule has 1 aliphatic carbocycles. The Labute approximate surface area is 177 Å². The number of hydrogen-bond donors (Lipinski definition) is 2. The number of ether oxygens (including phenoxy) is 2. The molecule has 1 unspecified atom stereocenters. The lowest BCUT2D eigenvalue weighted by atomic mass is 10.0. The van der Waals surface area contributed by atoms with E-state index in [1.807, 2.05) is 0 Å². The molecule has 1 fully saturated rings. The van der Waals surface area contributed by atoms with Gasteiger partial charge in [0.05, 0.1) is 11.7 Å². The quantitative estimate of drug-likeness (QED) is 0.658. The van der Waals surface area contributed by atoms with Crippen LogP contribution in [0, 0.1) is 0 Å². The van der Waals surface area contributed by atoms with Gasteiger partial charge in [0.2, 0.25) is 6.79 Å². The maximum absolute atomic E-state index is 12.8. The van der Waals surface area contributed by atoms with E-state index in [4.69, 9.17) is 9.47 Å². The van der Waals surface area contributed by atoms with E-state index in [0.29, 0.717) is 41.3 Å². The minimum Gasteiger partial charge on any atom is -0.454 e. The Morgan fingerprint density at radius 3 is 2.37 bits per heavy atom. The molecule has 1 aliphatic heterocycles. The first-order valence-corrected chi connectivity index (χ1v) is 10.6. The van der Waals surface area contributed by atoms with Crippen LogP contribution in [0.2, 0.25) is 0 Å². The fourth-order valence-electron chi connectivity index (χ4n) is 3.86. The van der Waals surface area contributed by atoms with E-state index < -0.39 is 0 Å². The van der Waals surface area contributed by atoms with Crippen molar-refractivity contribution in [2.24, 2.45) is 0 Å². The van der Waals surface area contributed by atoms with Crippen LogP contribution in [0.4, 0.5) is 5.69 Å². The molecule has 0 spiro atoms. The topological polar surface area (TPSA) is 69.1 Å². The Balaban J connectivity index is 1.45. The van der Waals surface area contributed by atoms with Crippen LogP contribution in [0.15, 0.2) is 36.4 Å². The molecule has 1 saturated carbocycles.